The Kier molecular flexibility index (Phi) is 4.77. The lowest BCUT2D eigenvalue weighted by Crippen LogP contribution is -2.45. The van der Waals surface area contributed by atoms with E-state index >= 15 is 8.78 Å². The standard InChI is InChI=1S/C23H20B2F2N4O2/c1-30-10-15-13(5-6-19(33-2)20(15)29-30)12-8-17(26)16(18(27)9-12)11-31-22(32)14-4-3-7-28-21(14)23(31,24)25/h3-10H,11,24-25H2,1-2H3. The number of hydrogen-bond acceptors (Lipinski definition) is 4. The van der Waals surface area contributed by atoms with Crippen molar-refractivity contribution < 1.29 is 18.3 Å². The molecule has 1 aliphatic heterocycles. The molecule has 2 aromatic heterocycles. The molecule has 0 radical (unpaired) electrons. The number of ether oxygens (including phenoxy) is 1. The molecule has 0 atom stereocenters. The lowest BCUT2D eigenvalue weighted by Gasteiger charge is -2.32. The highest BCUT2D eigenvalue weighted by Crippen LogP contribution is 2.37. The van der Waals surface area contributed by atoms with Gasteiger partial charge in [-0.15, -0.1) is 0 Å². The molecule has 0 spiro atoms. The third kappa shape index (κ3) is 3.20. The number of hydrogen-bond donors (Lipinski definition) is 0. The van der Waals surface area contributed by atoms with Crippen molar-refractivity contribution in [2.75, 3.05) is 7.11 Å². The summed E-state index contributed by atoms with van der Waals surface area (Å²) in [5.41, 5.74) is 2.52. The van der Waals surface area contributed by atoms with Crippen molar-refractivity contribution in [3.8, 4) is 16.9 Å². The van der Waals surface area contributed by atoms with Crippen LogP contribution in [0.15, 0.2) is 48.8 Å². The van der Waals surface area contributed by atoms with E-state index in [-0.39, 0.29) is 18.0 Å². The highest BCUT2D eigenvalue weighted by molar-refractivity contribution is 6.42. The Morgan fingerprint density at radius 3 is 2.52 bits per heavy atom. The maximum atomic E-state index is 15.3. The van der Waals surface area contributed by atoms with Gasteiger partial charge >= 0.3 is 0 Å². The summed E-state index contributed by atoms with van der Waals surface area (Å²) in [4.78, 5) is 18.7. The molecule has 6 nitrogen and oxygen atoms in total. The minimum atomic E-state index is -0.789. The van der Waals surface area contributed by atoms with Crippen molar-refractivity contribution in [2.45, 2.75) is 11.9 Å². The van der Waals surface area contributed by atoms with E-state index in [1.807, 2.05) is 15.7 Å². The Bertz CT molecular complexity index is 1410. The number of nitrogens with zero attached hydrogens (tertiary/aromatic N) is 4. The van der Waals surface area contributed by atoms with E-state index in [4.69, 9.17) is 4.74 Å². The van der Waals surface area contributed by atoms with E-state index in [1.54, 1.807) is 55.5 Å². The largest absolute Gasteiger partial charge is 0.494 e. The van der Waals surface area contributed by atoms with Gasteiger partial charge in [-0.1, -0.05) is 0 Å². The summed E-state index contributed by atoms with van der Waals surface area (Å²) in [5, 5.41) is 4.33. The fraction of sp³-hybridized carbons (Fsp3) is 0.174. The topological polar surface area (TPSA) is 60.3 Å². The van der Waals surface area contributed by atoms with Crippen molar-refractivity contribution in [2.24, 2.45) is 7.05 Å². The van der Waals surface area contributed by atoms with Crippen molar-refractivity contribution >= 4 is 32.5 Å². The molecule has 0 fully saturated rings. The van der Waals surface area contributed by atoms with E-state index in [0.717, 1.165) is 5.39 Å². The predicted octanol–water partition coefficient (Wildman–Crippen LogP) is 1.95. The van der Waals surface area contributed by atoms with Crippen LogP contribution >= 0.6 is 0 Å². The van der Waals surface area contributed by atoms with Crippen LogP contribution in [0.25, 0.3) is 22.0 Å². The van der Waals surface area contributed by atoms with Gasteiger partial charge in [0.15, 0.2) is 0 Å². The number of pyridine rings is 1. The van der Waals surface area contributed by atoms with Gasteiger partial charge in [-0.3, -0.25) is 14.5 Å². The number of fused-ring (bicyclic) bond motifs is 2. The first-order valence-electron chi connectivity index (χ1n) is 10.5. The van der Waals surface area contributed by atoms with E-state index in [1.165, 1.54) is 17.0 Å². The number of rotatable bonds is 4. The van der Waals surface area contributed by atoms with Gasteiger partial charge in [0.2, 0.25) is 0 Å². The number of benzene rings is 2. The van der Waals surface area contributed by atoms with Crippen LogP contribution in [0.2, 0.25) is 0 Å². The maximum Gasteiger partial charge on any atom is 0.255 e. The molecule has 0 saturated carbocycles. The van der Waals surface area contributed by atoms with Gasteiger partial charge in [-0.2, -0.15) is 5.10 Å². The molecule has 4 aromatic rings. The molecule has 5 rings (SSSR count). The Labute approximate surface area is 191 Å². The van der Waals surface area contributed by atoms with Crippen molar-refractivity contribution in [1.82, 2.24) is 19.7 Å². The zero-order chi connectivity index (χ0) is 23.5. The van der Waals surface area contributed by atoms with Crippen LogP contribution in [0.3, 0.4) is 0 Å². The second-order valence-electron chi connectivity index (χ2n) is 8.65. The predicted molar refractivity (Wildman–Crippen MR) is 125 cm³/mol. The van der Waals surface area contributed by atoms with Gasteiger partial charge in [0.05, 0.1) is 24.9 Å². The summed E-state index contributed by atoms with van der Waals surface area (Å²) in [5.74, 6) is -1.15. The van der Waals surface area contributed by atoms with Gasteiger partial charge in [0, 0.05) is 35.7 Å². The van der Waals surface area contributed by atoms with Gasteiger partial charge in [0.25, 0.3) is 5.91 Å². The second-order valence-corrected chi connectivity index (χ2v) is 8.65. The molecule has 1 amide bonds. The fourth-order valence-electron chi connectivity index (χ4n) is 4.54. The Balaban J connectivity index is 1.55. The zero-order valence-electron chi connectivity index (χ0n) is 18.7. The first-order chi connectivity index (χ1) is 15.7. The molecule has 2 aromatic carbocycles. The van der Waals surface area contributed by atoms with Crippen LogP contribution in [-0.2, 0) is 18.9 Å². The van der Waals surface area contributed by atoms with Crippen molar-refractivity contribution in [3.63, 3.8) is 0 Å². The summed E-state index contributed by atoms with van der Waals surface area (Å²) in [6, 6.07) is 9.44. The molecule has 0 aliphatic carbocycles. The van der Waals surface area contributed by atoms with Gasteiger partial charge in [-0.05, 0) is 47.5 Å². The van der Waals surface area contributed by atoms with E-state index < -0.39 is 17.0 Å². The van der Waals surface area contributed by atoms with Crippen LogP contribution in [-0.4, -0.2) is 48.4 Å². The highest BCUT2D eigenvalue weighted by Gasteiger charge is 2.44. The van der Waals surface area contributed by atoms with Crippen molar-refractivity contribution in [3.05, 3.63) is 77.2 Å². The highest BCUT2D eigenvalue weighted by atomic mass is 19.1. The monoisotopic (exact) mass is 444 g/mol. The number of aromatic nitrogens is 3. The third-order valence-corrected chi connectivity index (χ3v) is 6.28. The molecule has 1 aliphatic rings. The van der Waals surface area contributed by atoms with Crippen LogP contribution in [0, 0.1) is 11.6 Å². The number of aryl methyl sites for hydroxylation is 1. The molecule has 0 unspecified atom stereocenters. The zero-order valence-corrected chi connectivity index (χ0v) is 18.7. The molecular weight excluding hydrogens is 424 g/mol. The molecule has 10 heteroatoms. The van der Waals surface area contributed by atoms with Crippen LogP contribution in [0.1, 0.15) is 21.6 Å². The van der Waals surface area contributed by atoms with Crippen LogP contribution < -0.4 is 4.74 Å². The molecule has 0 N–H and O–H groups in total. The molecule has 0 saturated heterocycles. The van der Waals surface area contributed by atoms with E-state index in [2.05, 4.69) is 10.1 Å². The minimum absolute atomic E-state index is 0.163. The average Bonchev–Trinajstić information content (AvgIpc) is 3.26. The molecule has 0 bridgehead atoms. The molecular formula is C23H20B2F2N4O2. The summed E-state index contributed by atoms with van der Waals surface area (Å²) < 4.78 is 37.5. The van der Waals surface area contributed by atoms with Crippen molar-refractivity contribution in [1.29, 1.82) is 0 Å². The minimum Gasteiger partial charge on any atom is -0.494 e. The lowest BCUT2D eigenvalue weighted by atomic mass is 9.59. The Morgan fingerprint density at radius 2 is 1.85 bits per heavy atom. The molecule has 33 heavy (non-hydrogen) atoms. The lowest BCUT2D eigenvalue weighted by molar-refractivity contribution is 0.0727. The average molecular weight is 444 g/mol. The maximum absolute atomic E-state index is 15.3. The van der Waals surface area contributed by atoms with E-state index in [0.29, 0.717) is 33.7 Å². The smallest absolute Gasteiger partial charge is 0.255 e. The number of methoxy groups -OCH3 is 1. The first-order valence-corrected chi connectivity index (χ1v) is 10.5. The summed E-state index contributed by atoms with van der Waals surface area (Å²) in [6.45, 7) is -0.203. The Hall–Kier alpha value is -3.68. The Morgan fingerprint density at radius 1 is 1.12 bits per heavy atom. The number of carbonyl (C=O) groups is 1. The van der Waals surface area contributed by atoms with Gasteiger partial charge in [-0.25, -0.2) is 8.78 Å². The number of amides is 1. The molecule has 3 heterocycles. The number of halogens is 2. The quantitative estimate of drug-likeness (QED) is 0.452. The summed E-state index contributed by atoms with van der Waals surface area (Å²) >= 11 is 0. The van der Waals surface area contributed by atoms with Crippen LogP contribution in [0.5, 0.6) is 5.75 Å². The SMILES string of the molecule is BC1(B)c2ncccc2C(=O)N1Cc1c(F)cc(-c2ccc(OC)c3nn(C)cc23)cc1F. The van der Waals surface area contributed by atoms with Crippen LogP contribution in [0.4, 0.5) is 8.78 Å². The summed E-state index contributed by atoms with van der Waals surface area (Å²) in [7, 11) is 6.97. The first kappa shape index (κ1) is 21.2. The van der Waals surface area contributed by atoms with Gasteiger partial charge < -0.3 is 9.64 Å². The van der Waals surface area contributed by atoms with E-state index in [9.17, 15) is 4.79 Å². The third-order valence-electron chi connectivity index (χ3n) is 6.28. The summed E-state index contributed by atoms with van der Waals surface area (Å²) in [6.07, 6.45) is 3.40. The van der Waals surface area contributed by atoms with Gasteiger partial charge in [0.1, 0.15) is 38.6 Å². The normalized spacial score (nSPS) is 14.7. The number of carbonyl (C=O) groups excluding carboxylic acids is 1. The molecule has 164 valence electrons. The fourth-order valence-corrected chi connectivity index (χ4v) is 4.54. The second kappa shape index (κ2) is 7.43.